The first-order valence-electron chi connectivity index (χ1n) is 11.2. The van der Waals surface area contributed by atoms with Gasteiger partial charge >= 0.3 is 0 Å². The molecule has 0 aliphatic carbocycles. The van der Waals surface area contributed by atoms with Crippen molar-refractivity contribution >= 4 is 11.8 Å². The number of nitrogens with zero attached hydrogens (tertiary/aromatic N) is 4. The Morgan fingerprint density at radius 3 is 2.71 bits per heavy atom. The predicted octanol–water partition coefficient (Wildman–Crippen LogP) is 2.12. The third-order valence-electron chi connectivity index (χ3n) is 6.52. The molecule has 4 rings (SSSR count). The van der Waals surface area contributed by atoms with Crippen LogP contribution in [0.5, 0.6) is 5.75 Å². The zero-order chi connectivity index (χ0) is 25.2. The number of hydrogen-bond acceptors (Lipinski definition) is 7. The second kappa shape index (κ2) is 9.61. The van der Waals surface area contributed by atoms with Crippen molar-refractivity contribution < 1.29 is 19.1 Å². The fourth-order valence-corrected chi connectivity index (χ4v) is 4.29. The molecule has 11 heteroatoms. The van der Waals surface area contributed by atoms with Crippen LogP contribution in [0.3, 0.4) is 0 Å². The van der Waals surface area contributed by atoms with Gasteiger partial charge in [0.15, 0.2) is 5.69 Å². The first-order valence-corrected chi connectivity index (χ1v) is 11.2. The molecule has 1 unspecified atom stereocenters. The molecule has 1 saturated heterocycles. The highest BCUT2D eigenvalue weighted by molar-refractivity contribution is 5.95. The molecule has 10 nitrogen and oxygen atoms in total. The third-order valence-corrected chi connectivity index (χ3v) is 6.52. The van der Waals surface area contributed by atoms with Crippen LogP contribution < -0.4 is 10.9 Å². The molecular formula is C24H25FN6O4. The van der Waals surface area contributed by atoms with E-state index in [4.69, 9.17) is 0 Å². The normalized spacial score (nSPS) is 19.9. The van der Waals surface area contributed by atoms with E-state index in [1.54, 1.807) is 11.8 Å². The van der Waals surface area contributed by atoms with Gasteiger partial charge in [0.2, 0.25) is 5.75 Å². The predicted molar refractivity (Wildman–Crippen MR) is 123 cm³/mol. The Bertz CT molecular complexity index is 1300. The van der Waals surface area contributed by atoms with Gasteiger partial charge < -0.3 is 20.3 Å². The van der Waals surface area contributed by atoms with Gasteiger partial charge in [-0.2, -0.15) is 0 Å². The smallest absolute Gasteiger partial charge is 0.294 e. The SMILES string of the molecule is C[C@@H]1CCCN(C(=O)c2cnccn2)C1(C)c1nc(C(=O)NCc2ccc(F)cc2)c(O)c(=O)[nH]1. The molecule has 182 valence electrons. The van der Waals surface area contributed by atoms with Crippen molar-refractivity contribution in [3.63, 3.8) is 0 Å². The molecule has 2 amide bonds. The highest BCUT2D eigenvalue weighted by Crippen LogP contribution is 2.41. The van der Waals surface area contributed by atoms with Crippen molar-refractivity contribution in [2.75, 3.05) is 6.54 Å². The average molecular weight is 481 g/mol. The van der Waals surface area contributed by atoms with E-state index in [0.717, 1.165) is 12.8 Å². The lowest BCUT2D eigenvalue weighted by atomic mass is 9.77. The van der Waals surface area contributed by atoms with Gasteiger partial charge in [0.05, 0.1) is 6.20 Å². The molecule has 1 aromatic carbocycles. The standard InChI is InChI=1S/C24H25FN6O4/c1-14-4-3-11-31(22(35)17-13-26-9-10-27-17)24(14,2)23-29-18(19(32)21(34)30-23)20(33)28-12-15-5-7-16(25)8-6-15/h5-10,13-14,32H,3-4,11-12H2,1-2H3,(H,28,33)(H,29,30,34)/t14-,24?/m1/s1. The lowest BCUT2D eigenvalue weighted by Crippen LogP contribution is -2.56. The van der Waals surface area contributed by atoms with Crippen molar-refractivity contribution in [1.29, 1.82) is 0 Å². The van der Waals surface area contributed by atoms with E-state index in [1.165, 1.54) is 42.9 Å². The minimum absolute atomic E-state index is 0.0350. The Hall–Kier alpha value is -4.15. The number of piperidine rings is 1. The highest BCUT2D eigenvalue weighted by atomic mass is 19.1. The van der Waals surface area contributed by atoms with Gasteiger partial charge in [0.1, 0.15) is 22.9 Å². The fourth-order valence-electron chi connectivity index (χ4n) is 4.29. The number of halogens is 1. The van der Waals surface area contributed by atoms with Gasteiger partial charge in [-0.25, -0.2) is 14.4 Å². The van der Waals surface area contributed by atoms with E-state index in [-0.39, 0.29) is 29.9 Å². The molecule has 1 aliphatic heterocycles. The minimum Gasteiger partial charge on any atom is -0.501 e. The van der Waals surface area contributed by atoms with Gasteiger partial charge in [-0.3, -0.25) is 19.4 Å². The van der Waals surface area contributed by atoms with E-state index in [2.05, 4.69) is 25.3 Å². The Balaban J connectivity index is 1.69. The fraction of sp³-hybridized carbons (Fsp3) is 0.333. The number of H-pyrrole nitrogens is 1. The minimum atomic E-state index is -1.09. The monoisotopic (exact) mass is 480 g/mol. The van der Waals surface area contributed by atoms with Crippen LogP contribution in [0, 0.1) is 11.7 Å². The number of aromatic nitrogens is 4. The molecule has 0 spiro atoms. The number of hydrogen-bond donors (Lipinski definition) is 3. The molecule has 0 saturated carbocycles. The Labute approximate surface area is 200 Å². The summed E-state index contributed by atoms with van der Waals surface area (Å²) in [5, 5.41) is 12.9. The number of benzene rings is 1. The molecule has 2 atom stereocenters. The number of amides is 2. The first-order chi connectivity index (χ1) is 16.7. The molecule has 1 fully saturated rings. The summed E-state index contributed by atoms with van der Waals surface area (Å²) < 4.78 is 13.1. The molecule has 2 aromatic heterocycles. The van der Waals surface area contributed by atoms with E-state index >= 15 is 0 Å². The van der Waals surface area contributed by atoms with Crippen LogP contribution in [0.15, 0.2) is 47.7 Å². The van der Waals surface area contributed by atoms with E-state index < -0.39 is 34.3 Å². The van der Waals surface area contributed by atoms with Crippen molar-refractivity contribution in [3.05, 3.63) is 81.8 Å². The third kappa shape index (κ3) is 4.61. The van der Waals surface area contributed by atoms with Gasteiger partial charge in [-0.1, -0.05) is 19.1 Å². The molecule has 0 radical (unpaired) electrons. The zero-order valence-corrected chi connectivity index (χ0v) is 19.3. The number of likely N-dealkylation sites (tertiary alicyclic amines) is 1. The first kappa shape index (κ1) is 24.0. The highest BCUT2D eigenvalue weighted by Gasteiger charge is 2.47. The second-order valence-electron chi connectivity index (χ2n) is 8.66. The molecule has 0 bridgehead atoms. The zero-order valence-electron chi connectivity index (χ0n) is 19.3. The van der Waals surface area contributed by atoms with Crippen LogP contribution in [0.2, 0.25) is 0 Å². The number of aromatic amines is 1. The molecule has 3 N–H and O–H groups in total. The maximum Gasteiger partial charge on any atom is 0.294 e. The average Bonchev–Trinajstić information content (AvgIpc) is 2.86. The summed E-state index contributed by atoms with van der Waals surface area (Å²) in [7, 11) is 0. The van der Waals surface area contributed by atoms with Crippen molar-refractivity contribution in [2.24, 2.45) is 5.92 Å². The summed E-state index contributed by atoms with van der Waals surface area (Å²) in [6.07, 6.45) is 5.73. The summed E-state index contributed by atoms with van der Waals surface area (Å²) in [4.78, 5) is 55.3. The van der Waals surface area contributed by atoms with Crippen molar-refractivity contribution in [1.82, 2.24) is 30.2 Å². The maximum atomic E-state index is 13.3. The van der Waals surface area contributed by atoms with Crippen LogP contribution in [0.1, 0.15) is 59.1 Å². The lowest BCUT2D eigenvalue weighted by molar-refractivity contribution is 0.00768. The summed E-state index contributed by atoms with van der Waals surface area (Å²) in [5.74, 6) is -2.46. The van der Waals surface area contributed by atoms with Crippen molar-refractivity contribution in [3.8, 4) is 5.75 Å². The van der Waals surface area contributed by atoms with Gasteiger partial charge in [0.25, 0.3) is 17.4 Å². The number of carbonyl (C=O) groups excluding carboxylic acids is 2. The second-order valence-corrected chi connectivity index (χ2v) is 8.66. The Morgan fingerprint density at radius 2 is 2.03 bits per heavy atom. The molecule has 35 heavy (non-hydrogen) atoms. The van der Waals surface area contributed by atoms with Crippen LogP contribution in [0.25, 0.3) is 0 Å². The molecular weight excluding hydrogens is 455 g/mol. The summed E-state index contributed by atoms with van der Waals surface area (Å²) >= 11 is 0. The quantitative estimate of drug-likeness (QED) is 0.508. The van der Waals surface area contributed by atoms with Gasteiger partial charge in [-0.15, -0.1) is 0 Å². The summed E-state index contributed by atoms with van der Waals surface area (Å²) in [6.45, 7) is 4.11. The number of carbonyl (C=O) groups is 2. The van der Waals surface area contributed by atoms with E-state index in [1.807, 2.05) is 6.92 Å². The largest absolute Gasteiger partial charge is 0.501 e. The Kier molecular flexibility index (Phi) is 6.59. The molecule has 3 heterocycles. The maximum absolute atomic E-state index is 13.3. The van der Waals surface area contributed by atoms with Crippen LogP contribution in [0.4, 0.5) is 4.39 Å². The number of aromatic hydroxyl groups is 1. The van der Waals surface area contributed by atoms with Crippen LogP contribution >= 0.6 is 0 Å². The topological polar surface area (TPSA) is 141 Å². The van der Waals surface area contributed by atoms with Gasteiger partial charge in [-0.05, 0) is 43.4 Å². The Morgan fingerprint density at radius 1 is 1.29 bits per heavy atom. The van der Waals surface area contributed by atoms with E-state index in [0.29, 0.717) is 12.1 Å². The number of rotatable bonds is 5. The molecule has 1 aliphatic rings. The summed E-state index contributed by atoms with van der Waals surface area (Å²) in [5.41, 5.74) is -1.68. The lowest BCUT2D eigenvalue weighted by Gasteiger charge is -2.48. The van der Waals surface area contributed by atoms with Gasteiger partial charge in [0, 0.05) is 25.5 Å². The van der Waals surface area contributed by atoms with Crippen LogP contribution in [-0.4, -0.2) is 48.3 Å². The van der Waals surface area contributed by atoms with Crippen LogP contribution in [-0.2, 0) is 12.1 Å². The van der Waals surface area contributed by atoms with Crippen molar-refractivity contribution in [2.45, 2.75) is 38.8 Å². The summed E-state index contributed by atoms with van der Waals surface area (Å²) in [6, 6.07) is 5.53. The van der Waals surface area contributed by atoms with E-state index in [9.17, 15) is 23.9 Å². The number of nitrogens with one attached hydrogen (secondary N) is 2. The molecule has 3 aromatic rings.